The summed E-state index contributed by atoms with van der Waals surface area (Å²) in [5.74, 6) is 1.02. The summed E-state index contributed by atoms with van der Waals surface area (Å²) in [7, 11) is 0. The molecular formula is C24H26N6O2. The zero-order valence-corrected chi connectivity index (χ0v) is 18.9. The van der Waals surface area contributed by atoms with Crippen molar-refractivity contribution in [2.45, 2.75) is 46.6 Å². The van der Waals surface area contributed by atoms with E-state index in [0.717, 1.165) is 16.9 Å². The highest BCUT2D eigenvalue weighted by molar-refractivity contribution is 5.79. The predicted molar refractivity (Wildman–Crippen MR) is 123 cm³/mol. The van der Waals surface area contributed by atoms with E-state index < -0.39 is 5.41 Å². The van der Waals surface area contributed by atoms with E-state index in [-0.39, 0.29) is 11.3 Å². The first-order valence-electron chi connectivity index (χ1n) is 10.4. The fraction of sp³-hybridized carbons (Fsp3) is 0.292. The van der Waals surface area contributed by atoms with Crippen LogP contribution in [0.3, 0.4) is 0 Å². The molecule has 8 nitrogen and oxygen atoms in total. The zero-order valence-electron chi connectivity index (χ0n) is 18.9. The van der Waals surface area contributed by atoms with Crippen molar-refractivity contribution in [3.05, 3.63) is 87.1 Å². The molecule has 0 radical (unpaired) electrons. The fourth-order valence-corrected chi connectivity index (χ4v) is 3.29. The number of rotatable bonds is 5. The third kappa shape index (κ3) is 4.44. The molecule has 0 atom stereocenters. The quantitative estimate of drug-likeness (QED) is 0.451. The minimum atomic E-state index is -0.443. The molecule has 0 unspecified atom stereocenters. The van der Waals surface area contributed by atoms with Crippen LogP contribution in [-0.2, 0) is 12.0 Å². The SMILES string of the molecule is Cc1ccc(COc2ccc(/C=N\n3c(=O)c(C(C)(C)C)nn4cnnc34)cc2)c(C)c1. The van der Waals surface area contributed by atoms with Gasteiger partial charge in [-0.2, -0.15) is 19.4 Å². The Balaban J connectivity index is 1.54. The molecule has 0 aliphatic carbocycles. The first-order chi connectivity index (χ1) is 15.2. The summed E-state index contributed by atoms with van der Waals surface area (Å²) in [4.78, 5) is 13.0. The summed E-state index contributed by atoms with van der Waals surface area (Å²) in [6.07, 6.45) is 3.06. The van der Waals surface area contributed by atoms with Crippen LogP contribution < -0.4 is 10.3 Å². The van der Waals surface area contributed by atoms with Gasteiger partial charge in [0.1, 0.15) is 24.4 Å². The van der Waals surface area contributed by atoms with Gasteiger partial charge in [-0.05, 0) is 54.8 Å². The molecule has 8 heteroatoms. The summed E-state index contributed by atoms with van der Waals surface area (Å²) in [5.41, 5.74) is 4.06. The monoisotopic (exact) mass is 430 g/mol. The number of fused-ring (bicyclic) bond motifs is 1. The van der Waals surface area contributed by atoms with Crippen molar-refractivity contribution >= 4 is 12.0 Å². The smallest absolute Gasteiger partial charge is 0.298 e. The third-order valence-corrected chi connectivity index (χ3v) is 5.11. The van der Waals surface area contributed by atoms with Gasteiger partial charge in [-0.3, -0.25) is 4.79 Å². The summed E-state index contributed by atoms with van der Waals surface area (Å²) >= 11 is 0. The summed E-state index contributed by atoms with van der Waals surface area (Å²) in [6.45, 7) is 10.5. The number of benzene rings is 2. The lowest BCUT2D eigenvalue weighted by Gasteiger charge is -2.16. The molecule has 2 heterocycles. The molecule has 2 aromatic carbocycles. The Morgan fingerprint density at radius 2 is 1.84 bits per heavy atom. The van der Waals surface area contributed by atoms with E-state index in [1.165, 1.54) is 26.6 Å². The highest BCUT2D eigenvalue weighted by atomic mass is 16.5. The van der Waals surface area contributed by atoms with Gasteiger partial charge < -0.3 is 4.74 Å². The van der Waals surface area contributed by atoms with Gasteiger partial charge in [0.05, 0.1) is 6.21 Å². The molecule has 0 saturated heterocycles. The van der Waals surface area contributed by atoms with Gasteiger partial charge >= 0.3 is 0 Å². The summed E-state index contributed by atoms with van der Waals surface area (Å²) < 4.78 is 8.61. The molecule has 0 aliphatic rings. The molecule has 0 aliphatic heterocycles. The molecule has 4 aromatic rings. The Hall–Kier alpha value is -3.81. The van der Waals surface area contributed by atoms with Gasteiger partial charge in [0.2, 0.25) is 0 Å². The zero-order chi connectivity index (χ0) is 22.9. The van der Waals surface area contributed by atoms with Crippen LogP contribution in [0.1, 0.15) is 48.7 Å². The number of nitrogens with zero attached hydrogens (tertiary/aromatic N) is 6. The molecule has 4 rings (SSSR count). The van der Waals surface area contributed by atoms with Gasteiger partial charge in [-0.15, -0.1) is 10.2 Å². The number of aryl methyl sites for hydroxylation is 2. The average Bonchev–Trinajstić information content (AvgIpc) is 3.21. The molecule has 0 bridgehead atoms. The minimum Gasteiger partial charge on any atom is -0.489 e. The van der Waals surface area contributed by atoms with Gasteiger partial charge in [-0.1, -0.05) is 44.5 Å². The van der Waals surface area contributed by atoms with Crippen molar-refractivity contribution in [2.75, 3.05) is 0 Å². The van der Waals surface area contributed by atoms with Gasteiger partial charge in [-0.25, -0.2) is 0 Å². The van der Waals surface area contributed by atoms with Crippen molar-refractivity contribution in [3.63, 3.8) is 0 Å². The largest absolute Gasteiger partial charge is 0.489 e. The Morgan fingerprint density at radius 3 is 2.53 bits per heavy atom. The Labute approximate surface area is 186 Å². The van der Waals surface area contributed by atoms with Crippen molar-refractivity contribution in [2.24, 2.45) is 5.10 Å². The second-order valence-corrected chi connectivity index (χ2v) is 8.82. The first kappa shape index (κ1) is 21.4. The third-order valence-electron chi connectivity index (χ3n) is 5.11. The lowest BCUT2D eigenvalue weighted by atomic mass is 9.93. The highest BCUT2D eigenvalue weighted by Crippen LogP contribution is 2.18. The van der Waals surface area contributed by atoms with Crippen LogP contribution in [0.15, 0.2) is 58.7 Å². The lowest BCUT2D eigenvalue weighted by Crippen LogP contribution is -2.33. The predicted octanol–water partition coefficient (Wildman–Crippen LogP) is 3.66. The van der Waals surface area contributed by atoms with Crippen LogP contribution in [-0.4, -0.2) is 30.7 Å². The van der Waals surface area contributed by atoms with Gasteiger partial charge in [0, 0.05) is 5.41 Å². The summed E-state index contributed by atoms with van der Waals surface area (Å²) in [5, 5.41) is 16.6. The normalized spacial score (nSPS) is 12.0. The Bertz CT molecular complexity index is 1340. The van der Waals surface area contributed by atoms with Crippen LogP contribution >= 0.6 is 0 Å². The van der Waals surface area contributed by atoms with E-state index in [2.05, 4.69) is 52.4 Å². The fourth-order valence-electron chi connectivity index (χ4n) is 3.29. The molecule has 0 fully saturated rings. The van der Waals surface area contributed by atoms with E-state index in [9.17, 15) is 4.79 Å². The molecule has 0 N–H and O–H groups in total. The molecule has 0 spiro atoms. The maximum Gasteiger partial charge on any atom is 0.298 e. The van der Waals surface area contributed by atoms with Crippen LogP contribution in [0.25, 0.3) is 5.78 Å². The molecule has 2 aromatic heterocycles. The van der Waals surface area contributed by atoms with E-state index in [1.807, 2.05) is 45.0 Å². The molecule has 0 saturated carbocycles. The highest BCUT2D eigenvalue weighted by Gasteiger charge is 2.23. The van der Waals surface area contributed by atoms with Gasteiger partial charge in [0.25, 0.3) is 11.3 Å². The molecule has 0 amide bonds. The van der Waals surface area contributed by atoms with E-state index >= 15 is 0 Å². The van der Waals surface area contributed by atoms with Crippen LogP contribution in [0.5, 0.6) is 5.75 Å². The Kier molecular flexibility index (Phi) is 5.61. The Morgan fingerprint density at radius 1 is 1.09 bits per heavy atom. The van der Waals surface area contributed by atoms with Crippen molar-refractivity contribution in [1.29, 1.82) is 0 Å². The van der Waals surface area contributed by atoms with Crippen molar-refractivity contribution in [1.82, 2.24) is 24.5 Å². The number of hydrogen-bond acceptors (Lipinski definition) is 6. The van der Waals surface area contributed by atoms with Crippen LogP contribution in [0, 0.1) is 13.8 Å². The van der Waals surface area contributed by atoms with Gasteiger partial charge in [0.15, 0.2) is 0 Å². The van der Waals surface area contributed by atoms with E-state index in [4.69, 9.17) is 4.74 Å². The van der Waals surface area contributed by atoms with Crippen LogP contribution in [0.2, 0.25) is 0 Å². The first-order valence-corrected chi connectivity index (χ1v) is 10.4. The molecule has 32 heavy (non-hydrogen) atoms. The maximum atomic E-state index is 13.0. The van der Waals surface area contributed by atoms with E-state index in [1.54, 1.807) is 6.21 Å². The van der Waals surface area contributed by atoms with Crippen molar-refractivity contribution in [3.8, 4) is 5.75 Å². The second kappa shape index (κ2) is 8.37. The standard InChI is InChI=1S/C24H26N6O2/c1-16-6-9-19(17(2)12-16)14-32-20-10-7-18(8-11-20)13-26-30-22(31)21(24(3,4)5)28-29-15-25-27-23(29)30/h6-13,15H,14H2,1-5H3/b26-13-. The number of aromatic nitrogens is 5. The van der Waals surface area contributed by atoms with E-state index in [0.29, 0.717) is 12.3 Å². The summed E-state index contributed by atoms with van der Waals surface area (Å²) in [6, 6.07) is 13.9. The second-order valence-electron chi connectivity index (χ2n) is 8.82. The average molecular weight is 431 g/mol. The van der Waals surface area contributed by atoms with Crippen molar-refractivity contribution < 1.29 is 4.74 Å². The lowest BCUT2D eigenvalue weighted by molar-refractivity contribution is 0.305. The number of ether oxygens (including phenoxy) is 1. The topological polar surface area (TPSA) is 86.7 Å². The molecule has 164 valence electrons. The maximum absolute atomic E-state index is 13.0. The van der Waals surface area contributed by atoms with Crippen LogP contribution in [0.4, 0.5) is 0 Å². The minimum absolute atomic E-state index is 0.257. The molecular weight excluding hydrogens is 404 g/mol. The number of hydrogen-bond donors (Lipinski definition) is 0.